The average molecular weight is 625 g/mol. The van der Waals surface area contributed by atoms with Gasteiger partial charge in [0.1, 0.15) is 24.2 Å². The lowest BCUT2D eigenvalue weighted by molar-refractivity contribution is -0.141. The van der Waals surface area contributed by atoms with E-state index in [2.05, 4.69) is 41.5 Å². The fourth-order valence-electron chi connectivity index (χ4n) is 3.50. The zero-order valence-electron chi connectivity index (χ0n) is 24.3. The van der Waals surface area contributed by atoms with Crippen LogP contribution in [0.2, 0.25) is 0 Å². The van der Waals surface area contributed by atoms with Gasteiger partial charge in [-0.15, -0.1) is 0 Å². The Morgan fingerprint density at radius 2 is 1.55 bits per heavy atom. The van der Waals surface area contributed by atoms with Gasteiger partial charge in [0.25, 0.3) is 0 Å². The molecular weight excluding hydrogens is 584 g/mol. The maximum atomic E-state index is 13.1. The summed E-state index contributed by atoms with van der Waals surface area (Å²) in [4.78, 5) is 95.8. The van der Waals surface area contributed by atoms with Crippen LogP contribution in [0, 0.1) is 0 Å². The summed E-state index contributed by atoms with van der Waals surface area (Å²) in [7, 11) is 0. The number of aliphatic imine (C=N–C) groups is 1. The molecule has 0 saturated heterocycles. The van der Waals surface area contributed by atoms with Gasteiger partial charge in [0, 0.05) is 24.9 Å². The summed E-state index contributed by atoms with van der Waals surface area (Å²) < 4.78 is 0. The second-order valence-electron chi connectivity index (χ2n) is 9.70. The Hall–Kier alpha value is -5.27. The summed E-state index contributed by atoms with van der Waals surface area (Å²) in [5, 5.41) is 21.0. The Morgan fingerprint density at radius 1 is 0.909 bits per heavy atom. The van der Waals surface area contributed by atoms with Crippen LogP contribution in [0.15, 0.2) is 17.5 Å². The molecule has 0 aliphatic rings. The monoisotopic (exact) mass is 624 g/mol. The van der Waals surface area contributed by atoms with Gasteiger partial charge in [-0.1, -0.05) is 0 Å². The van der Waals surface area contributed by atoms with Crippen LogP contribution in [0.1, 0.15) is 38.8 Å². The fourth-order valence-corrected chi connectivity index (χ4v) is 3.50. The zero-order chi connectivity index (χ0) is 33.4. The Labute approximate surface area is 251 Å². The van der Waals surface area contributed by atoms with Gasteiger partial charge < -0.3 is 59.6 Å². The van der Waals surface area contributed by atoms with Gasteiger partial charge in [-0.3, -0.25) is 38.6 Å². The molecule has 1 rings (SSSR count). The van der Waals surface area contributed by atoms with Gasteiger partial charge in [-0.25, -0.2) is 4.98 Å². The molecule has 0 bridgehead atoms. The summed E-state index contributed by atoms with van der Waals surface area (Å²) in [6.45, 7) is 2.12. The first-order valence-electron chi connectivity index (χ1n) is 13.4. The van der Waals surface area contributed by atoms with E-state index in [1.165, 1.54) is 26.4 Å². The molecule has 1 heterocycles. The van der Waals surface area contributed by atoms with E-state index in [0.717, 1.165) is 0 Å². The number of aromatic amines is 1. The van der Waals surface area contributed by atoms with Crippen molar-refractivity contribution in [1.29, 1.82) is 0 Å². The van der Waals surface area contributed by atoms with E-state index in [-0.39, 0.29) is 31.8 Å². The molecule has 0 aliphatic heterocycles. The lowest BCUT2D eigenvalue weighted by Gasteiger charge is -2.24. The molecule has 0 aromatic carbocycles. The number of imidazole rings is 1. The van der Waals surface area contributed by atoms with Crippen molar-refractivity contribution in [3.63, 3.8) is 0 Å². The number of amides is 6. The zero-order valence-corrected chi connectivity index (χ0v) is 24.3. The number of carboxylic acids is 1. The van der Waals surface area contributed by atoms with E-state index in [1.54, 1.807) is 0 Å². The van der Waals surface area contributed by atoms with Crippen LogP contribution in [-0.4, -0.2) is 106 Å². The van der Waals surface area contributed by atoms with E-state index in [9.17, 15) is 33.6 Å². The molecule has 0 fully saturated rings. The average Bonchev–Trinajstić information content (AvgIpc) is 3.45. The quantitative estimate of drug-likeness (QED) is 0.0390. The van der Waals surface area contributed by atoms with Gasteiger partial charge >= 0.3 is 5.97 Å². The number of H-pyrrole nitrogens is 1. The van der Waals surface area contributed by atoms with Crippen molar-refractivity contribution in [2.24, 2.45) is 27.9 Å². The highest BCUT2D eigenvalue weighted by molar-refractivity contribution is 5.95. The number of guanidine groups is 1. The molecule has 0 saturated carbocycles. The fraction of sp³-hybridized carbons (Fsp3) is 0.542. The van der Waals surface area contributed by atoms with Crippen LogP contribution >= 0.6 is 0 Å². The molecule has 44 heavy (non-hydrogen) atoms. The molecule has 20 nitrogen and oxygen atoms in total. The minimum atomic E-state index is -1.29. The van der Waals surface area contributed by atoms with Crippen molar-refractivity contribution in [2.75, 3.05) is 13.1 Å². The van der Waals surface area contributed by atoms with Crippen molar-refractivity contribution in [2.45, 2.75) is 69.7 Å². The highest BCUT2D eigenvalue weighted by Crippen LogP contribution is 2.03. The summed E-state index contributed by atoms with van der Waals surface area (Å²) in [5.41, 5.74) is 21.6. The maximum Gasteiger partial charge on any atom is 0.325 e. The minimum Gasteiger partial charge on any atom is -0.480 e. The third kappa shape index (κ3) is 14.1. The highest BCUT2D eigenvalue weighted by atomic mass is 16.4. The number of aliphatic carboxylic acids is 1. The number of aromatic nitrogens is 2. The molecular formula is C24H40N12O8. The number of carbonyl (C=O) groups is 7. The molecule has 15 N–H and O–H groups in total. The minimum absolute atomic E-state index is 0.0236. The van der Waals surface area contributed by atoms with Crippen LogP contribution in [0.4, 0.5) is 0 Å². The van der Waals surface area contributed by atoms with Crippen LogP contribution in [0.25, 0.3) is 0 Å². The standard InChI is InChI=1S/C24H40N12O8/c1-11(19(39)36-16(6-13-8-29-10-32-13)22(42)34-12(2)23(43)44)33-21(41)15(4-3-5-30-24(27)28)35-18(38)9-31-20(40)14(25)7-17(26)37/h8,10-12,14-16H,3-7,9,25H2,1-2H3,(H2,26,37)(H,29,32)(H,31,40)(H,33,41)(H,34,42)(H,35,38)(H,36,39)(H,43,44)(H4,27,28,30). The number of nitrogens with zero attached hydrogens (tertiary/aromatic N) is 2. The van der Waals surface area contributed by atoms with Crippen molar-refractivity contribution < 1.29 is 38.7 Å². The lowest BCUT2D eigenvalue weighted by Crippen LogP contribution is -2.57. The van der Waals surface area contributed by atoms with Crippen molar-refractivity contribution >= 4 is 47.4 Å². The third-order valence-electron chi connectivity index (χ3n) is 5.87. The largest absolute Gasteiger partial charge is 0.480 e. The first-order valence-corrected chi connectivity index (χ1v) is 13.4. The van der Waals surface area contributed by atoms with Crippen LogP contribution < -0.4 is 49.5 Å². The molecule has 0 spiro atoms. The van der Waals surface area contributed by atoms with E-state index in [4.69, 9.17) is 28.0 Å². The van der Waals surface area contributed by atoms with Crippen molar-refractivity contribution in [3.05, 3.63) is 18.2 Å². The lowest BCUT2D eigenvalue weighted by atomic mass is 10.1. The van der Waals surface area contributed by atoms with Gasteiger partial charge in [0.2, 0.25) is 35.4 Å². The molecule has 0 radical (unpaired) electrons. The predicted octanol–water partition coefficient (Wildman–Crippen LogP) is -5.61. The Bertz CT molecular complexity index is 1200. The van der Waals surface area contributed by atoms with Gasteiger partial charge in [-0.05, 0) is 26.7 Å². The first-order chi connectivity index (χ1) is 20.6. The van der Waals surface area contributed by atoms with Gasteiger partial charge in [0.05, 0.1) is 25.3 Å². The number of rotatable bonds is 19. The topological polar surface area (TPSA) is 345 Å². The Morgan fingerprint density at radius 3 is 2.11 bits per heavy atom. The summed E-state index contributed by atoms with van der Waals surface area (Å²) in [5.74, 6) is -6.23. The van der Waals surface area contributed by atoms with E-state index < -0.39 is 84.6 Å². The molecule has 20 heteroatoms. The summed E-state index contributed by atoms with van der Waals surface area (Å²) in [6.07, 6.45) is 2.53. The molecule has 1 aromatic heterocycles. The number of primary amides is 1. The second kappa shape index (κ2) is 18.3. The van der Waals surface area contributed by atoms with Crippen LogP contribution in [-0.2, 0) is 40.0 Å². The number of carboxylic acid groups (broad SMARTS) is 1. The number of nitrogens with one attached hydrogen (secondary N) is 6. The number of hydrogen-bond donors (Lipinski definition) is 11. The summed E-state index contributed by atoms with van der Waals surface area (Å²) in [6, 6.07) is -6.18. The summed E-state index contributed by atoms with van der Waals surface area (Å²) >= 11 is 0. The molecule has 0 aliphatic carbocycles. The Balaban J connectivity index is 2.91. The molecule has 5 atom stereocenters. The number of carbonyl (C=O) groups excluding carboxylic acids is 6. The molecule has 5 unspecified atom stereocenters. The normalized spacial score (nSPS) is 14.0. The van der Waals surface area contributed by atoms with Crippen LogP contribution in [0.3, 0.4) is 0 Å². The molecule has 244 valence electrons. The highest BCUT2D eigenvalue weighted by Gasteiger charge is 2.29. The van der Waals surface area contributed by atoms with Gasteiger partial charge in [0.15, 0.2) is 5.96 Å². The van der Waals surface area contributed by atoms with E-state index in [0.29, 0.717) is 5.69 Å². The third-order valence-corrected chi connectivity index (χ3v) is 5.87. The Kier molecular flexibility index (Phi) is 15.3. The van der Waals surface area contributed by atoms with Gasteiger partial charge in [-0.2, -0.15) is 0 Å². The number of nitrogens with two attached hydrogens (primary N) is 4. The van der Waals surface area contributed by atoms with E-state index in [1.807, 2.05) is 0 Å². The first kappa shape index (κ1) is 36.8. The second-order valence-corrected chi connectivity index (χ2v) is 9.70. The molecule has 6 amide bonds. The van der Waals surface area contributed by atoms with Crippen LogP contribution in [0.5, 0.6) is 0 Å². The van der Waals surface area contributed by atoms with E-state index >= 15 is 0 Å². The smallest absolute Gasteiger partial charge is 0.325 e. The van der Waals surface area contributed by atoms with Crippen molar-refractivity contribution in [1.82, 2.24) is 36.6 Å². The molecule has 1 aromatic rings. The van der Waals surface area contributed by atoms with Crippen molar-refractivity contribution in [3.8, 4) is 0 Å². The maximum absolute atomic E-state index is 13.1. The SMILES string of the molecule is CC(NC(=O)C(Cc1cnc[nH]1)NC(=O)C(C)NC(=O)C(CCCN=C(N)N)NC(=O)CNC(=O)C(N)CC(N)=O)C(=O)O. The predicted molar refractivity (Wildman–Crippen MR) is 154 cm³/mol. The number of hydrogen-bond acceptors (Lipinski definition) is 10.